The van der Waals surface area contributed by atoms with Crippen molar-refractivity contribution in [3.05, 3.63) is 70.2 Å². The van der Waals surface area contributed by atoms with Gasteiger partial charge in [0.05, 0.1) is 11.8 Å². The van der Waals surface area contributed by atoms with Crippen LogP contribution in [0.5, 0.6) is 0 Å². The van der Waals surface area contributed by atoms with Crippen LogP contribution in [0.2, 0.25) is 0 Å². The fourth-order valence-corrected chi connectivity index (χ4v) is 3.17. The molecule has 30 heavy (non-hydrogen) atoms. The van der Waals surface area contributed by atoms with Gasteiger partial charge < -0.3 is 10.0 Å². The average Bonchev–Trinajstić information content (AvgIpc) is 3.11. The molecule has 0 bridgehead atoms. The van der Waals surface area contributed by atoms with Crippen LogP contribution in [0, 0.1) is 5.82 Å². The zero-order chi connectivity index (χ0) is 22.0. The highest BCUT2D eigenvalue weighted by Crippen LogP contribution is 2.20. The number of hydrogen-bond donors (Lipinski definition) is 1. The molecule has 0 radical (unpaired) electrons. The number of allylic oxidation sites excluding steroid dienone is 2. The number of carbonyl (C=O) groups is 1. The first-order chi connectivity index (χ1) is 14.2. The van der Waals surface area contributed by atoms with Gasteiger partial charge in [-0.25, -0.2) is 9.37 Å². The van der Waals surface area contributed by atoms with Crippen molar-refractivity contribution in [2.24, 2.45) is 0 Å². The lowest BCUT2D eigenvalue weighted by atomic mass is 10.1. The topological polar surface area (TPSA) is 79.8 Å². The number of halogens is 1. The fraction of sp³-hybridized carbons (Fsp3) is 0.318. The molecule has 1 amide bonds. The van der Waals surface area contributed by atoms with Gasteiger partial charge in [0.2, 0.25) is 5.65 Å². The summed E-state index contributed by atoms with van der Waals surface area (Å²) in [7, 11) is 1.57. The number of aliphatic hydroxyl groups excluding tert-OH is 1. The molecule has 2 aromatic heterocycles. The van der Waals surface area contributed by atoms with Gasteiger partial charge in [-0.2, -0.15) is 0 Å². The molecule has 0 spiro atoms. The maximum Gasteiger partial charge on any atom is 0.295 e. The van der Waals surface area contributed by atoms with Crippen molar-refractivity contribution in [3.63, 3.8) is 0 Å². The number of benzene rings is 1. The standard InChI is InChI=1S/C22H25FN4O3/c1-14(2)9-10-27-19(16-5-7-17(23)8-6-16)13-26-12-18(24-20(26)22(27)30)21(29)25(4)11-15(3)28/h5-9,12-13,15,28H,10-11H2,1-4H3/t15-/m1/s1. The summed E-state index contributed by atoms with van der Waals surface area (Å²) in [5.74, 6) is -0.757. The van der Waals surface area contributed by atoms with Gasteiger partial charge >= 0.3 is 0 Å². The third kappa shape index (κ3) is 4.49. The van der Waals surface area contributed by atoms with E-state index in [4.69, 9.17) is 0 Å². The van der Waals surface area contributed by atoms with Gasteiger partial charge in [-0.15, -0.1) is 0 Å². The Morgan fingerprint density at radius 1 is 1.27 bits per heavy atom. The Kier molecular flexibility index (Phi) is 6.17. The van der Waals surface area contributed by atoms with Crippen molar-refractivity contribution in [2.45, 2.75) is 33.4 Å². The lowest BCUT2D eigenvalue weighted by Gasteiger charge is -2.17. The highest BCUT2D eigenvalue weighted by Gasteiger charge is 2.20. The number of rotatable bonds is 6. The van der Waals surface area contributed by atoms with Crippen LogP contribution in [0.15, 0.2) is 53.1 Å². The second kappa shape index (κ2) is 8.62. The summed E-state index contributed by atoms with van der Waals surface area (Å²) in [6.45, 7) is 5.93. The number of hydrogen-bond acceptors (Lipinski definition) is 4. The Morgan fingerprint density at radius 3 is 2.53 bits per heavy atom. The van der Waals surface area contributed by atoms with Crippen LogP contribution in [0.3, 0.4) is 0 Å². The molecule has 3 rings (SSSR count). The van der Waals surface area contributed by atoms with Crippen LogP contribution in [0.25, 0.3) is 16.9 Å². The number of nitrogens with zero attached hydrogens (tertiary/aromatic N) is 4. The molecule has 0 aliphatic carbocycles. The van der Waals surface area contributed by atoms with Crippen molar-refractivity contribution < 1.29 is 14.3 Å². The first-order valence-corrected chi connectivity index (χ1v) is 9.62. The Bertz CT molecular complexity index is 1160. The van der Waals surface area contributed by atoms with E-state index in [1.807, 2.05) is 19.9 Å². The van der Waals surface area contributed by atoms with Crippen molar-refractivity contribution in [3.8, 4) is 11.3 Å². The van der Waals surface area contributed by atoms with E-state index in [1.165, 1.54) is 27.6 Å². The van der Waals surface area contributed by atoms with Crippen LogP contribution >= 0.6 is 0 Å². The number of carbonyl (C=O) groups excluding carboxylic acids is 1. The average molecular weight is 412 g/mol. The first-order valence-electron chi connectivity index (χ1n) is 9.62. The number of imidazole rings is 1. The summed E-state index contributed by atoms with van der Waals surface area (Å²) >= 11 is 0. The van der Waals surface area contributed by atoms with Crippen molar-refractivity contribution in [1.82, 2.24) is 18.9 Å². The predicted octanol–water partition coefficient (Wildman–Crippen LogP) is 2.72. The molecule has 0 aliphatic rings. The van der Waals surface area contributed by atoms with Crippen LogP contribution in [-0.2, 0) is 6.54 Å². The van der Waals surface area contributed by atoms with Crippen molar-refractivity contribution in [1.29, 1.82) is 0 Å². The normalized spacial score (nSPS) is 12.1. The molecule has 0 aliphatic heterocycles. The van der Waals surface area contributed by atoms with E-state index in [2.05, 4.69) is 4.98 Å². The van der Waals surface area contributed by atoms with E-state index in [1.54, 1.807) is 36.9 Å². The van der Waals surface area contributed by atoms with Gasteiger partial charge in [-0.05, 0) is 50.6 Å². The third-order valence-electron chi connectivity index (χ3n) is 4.65. The molecule has 7 nitrogen and oxygen atoms in total. The molecule has 2 heterocycles. The number of aliphatic hydroxyl groups is 1. The molecule has 8 heteroatoms. The highest BCUT2D eigenvalue weighted by atomic mass is 19.1. The van der Waals surface area contributed by atoms with Crippen molar-refractivity contribution >= 4 is 11.6 Å². The maximum absolute atomic E-state index is 13.4. The minimum absolute atomic E-state index is 0.111. The molecule has 0 saturated carbocycles. The van der Waals surface area contributed by atoms with E-state index in [9.17, 15) is 19.1 Å². The summed E-state index contributed by atoms with van der Waals surface area (Å²) in [5.41, 5.74) is 2.18. The minimum Gasteiger partial charge on any atom is -0.392 e. The number of amides is 1. The number of aromatic nitrogens is 3. The summed E-state index contributed by atoms with van der Waals surface area (Å²) in [6, 6.07) is 5.88. The van der Waals surface area contributed by atoms with Gasteiger partial charge in [-0.3, -0.25) is 18.6 Å². The Balaban J connectivity index is 2.16. The number of likely N-dealkylation sites (N-methyl/N-ethyl adjacent to an activating group) is 1. The van der Waals surface area contributed by atoms with E-state index in [0.29, 0.717) is 17.8 Å². The Morgan fingerprint density at radius 2 is 1.93 bits per heavy atom. The second-order valence-electron chi connectivity index (χ2n) is 7.61. The van der Waals surface area contributed by atoms with Gasteiger partial charge in [-0.1, -0.05) is 11.6 Å². The molecular weight excluding hydrogens is 387 g/mol. The summed E-state index contributed by atoms with van der Waals surface area (Å²) in [4.78, 5) is 31.4. The molecule has 0 fully saturated rings. The fourth-order valence-electron chi connectivity index (χ4n) is 3.17. The molecule has 1 atom stereocenters. The van der Waals surface area contributed by atoms with Crippen LogP contribution < -0.4 is 5.56 Å². The predicted molar refractivity (Wildman–Crippen MR) is 113 cm³/mol. The molecule has 1 aromatic carbocycles. The molecule has 0 saturated heterocycles. The highest BCUT2D eigenvalue weighted by molar-refractivity contribution is 5.92. The quantitative estimate of drug-likeness (QED) is 0.632. The molecule has 3 aromatic rings. The van der Waals surface area contributed by atoms with Gasteiger partial charge in [0, 0.05) is 32.5 Å². The maximum atomic E-state index is 13.4. The van der Waals surface area contributed by atoms with E-state index in [-0.39, 0.29) is 29.3 Å². The van der Waals surface area contributed by atoms with Crippen LogP contribution in [0.1, 0.15) is 31.3 Å². The molecule has 158 valence electrons. The third-order valence-corrected chi connectivity index (χ3v) is 4.65. The van der Waals surface area contributed by atoms with Crippen LogP contribution in [-0.4, -0.2) is 49.6 Å². The second-order valence-corrected chi connectivity index (χ2v) is 7.61. The largest absolute Gasteiger partial charge is 0.392 e. The molecule has 1 N–H and O–H groups in total. The summed E-state index contributed by atoms with van der Waals surface area (Å²) < 4.78 is 16.5. The monoisotopic (exact) mass is 412 g/mol. The van der Waals surface area contributed by atoms with Crippen LogP contribution in [0.4, 0.5) is 4.39 Å². The molecule has 0 unspecified atom stereocenters. The van der Waals surface area contributed by atoms with E-state index in [0.717, 1.165) is 5.57 Å². The minimum atomic E-state index is -0.678. The number of fused-ring (bicyclic) bond motifs is 1. The smallest absolute Gasteiger partial charge is 0.295 e. The lowest BCUT2D eigenvalue weighted by molar-refractivity contribution is 0.0699. The first kappa shape index (κ1) is 21.4. The lowest BCUT2D eigenvalue weighted by Crippen LogP contribution is -2.33. The zero-order valence-corrected chi connectivity index (χ0v) is 17.5. The Labute approximate surface area is 173 Å². The summed E-state index contributed by atoms with van der Waals surface area (Å²) in [5, 5.41) is 9.52. The Hall–Kier alpha value is -3.26. The van der Waals surface area contributed by atoms with E-state index >= 15 is 0 Å². The molecular formula is C22H25FN4O3. The van der Waals surface area contributed by atoms with E-state index < -0.39 is 12.0 Å². The SMILES string of the molecule is CC(C)=CCn1c(-c2ccc(F)cc2)cn2cc(C(=O)N(C)C[C@@H](C)O)nc2c1=O. The zero-order valence-electron chi connectivity index (χ0n) is 17.5. The summed E-state index contributed by atoms with van der Waals surface area (Å²) in [6.07, 6.45) is 4.44. The van der Waals surface area contributed by atoms with Gasteiger partial charge in [0.15, 0.2) is 0 Å². The van der Waals surface area contributed by atoms with Crippen molar-refractivity contribution in [2.75, 3.05) is 13.6 Å². The van der Waals surface area contributed by atoms with Gasteiger partial charge in [0.25, 0.3) is 11.5 Å². The van der Waals surface area contributed by atoms with Gasteiger partial charge in [0.1, 0.15) is 11.5 Å².